The number of fused-ring (bicyclic) bond motifs is 5. The normalized spacial score (nSPS) is 24.0. The van der Waals surface area contributed by atoms with Gasteiger partial charge in [-0.25, -0.2) is 15.0 Å². The van der Waals surface area contributed by atoms with Gasteiger partial charge in [-0.15, -0.1) is 0 Å². The molecule has 0 spiro atoms. The van der Waals surface area contributed by atoms with Crippen LogP contribution in [0, 0.1) is 17.8 Å². The second kappa shape index (κ2) is 12.9. The molecule has 11 heteroatoms. The van der Waals surface area contributed by atoms with Gasteiger partial charge in [0.2, 0.25) is 0 Å². The van der Waals surface area contributed by atoms with E-state index in [0.29, 0.717) is 69.5 Å². The number of carbonyl (C=O) groups is 3. The summed E-state index contributed by atoms with van der Waals surface area (Å²) in [6.45, 7) is 13.4. The van der Waals surface area contributed by atoms with Crippen molar-refractivity contribution >= 4 is 35.0 Å². The molecule has 254 valence electrons. The van der Waals surface area contributed by atoms with Crippen molar-refractivity contribution in [2.75, 3.05) is 20.8 Å². The summed E-state index contributed by atoms with van der Waals surface area (Å²) in [4.78, 5) is 52.7. The number of rotatable bonds is 8. The van der Waals surface area contributed by atoms with E-state index in [1.807, 2.05) is 39.0 Å². The molecule has 11 nitrogen and oxygen atoms in total. The third kappa shape index (κ3) is 5.56. The van der Waals surface area contributed by atoms with Gasteiger partial charge in [-0.2, -0.15) is 0 Å². The Balaban J connectivity index is 1.66. The molecule has 5 heterocycles. The Morgan fingerprint density at radius 3 is 2.39 bits per heavy atom. The van der Waals surface area contributed by atoms with E-state index in [4.69, 9.17) is 29.2 Å². The van der Waals surface area contributed by atoms with E-state index >= 15 is 0 Å². The predicted octanol–water partition coefficient (Wildman–Crippen LogP) is 5.74. The highest BCUT2D eigenvalue weighted by atomic mass is 16.5. The van der Waals surface area contributed by atoms with E-state index in [1.165, 1.54) is 21.1 Å². The van der Waals surface area contributed by atoms with Crippen LogP contribution in [0.15, 0.2) is 119 Å². The second-order valence-corrected chi connectivity index (χ2v) is 12.6. The van der Waals surface area contributed by atoms with Crippen LogP contribution < -0.4 is 5.32 Å². The summed E-state index contributed by atoms with van der Waals surface area (Å²) in [7, 11) is 2.65. The first-order chi connectivity index (χ1) is 23.4. The van der Waals surface area contributed by atoms with Gasteiger partial charge in [-0.3, -0.25) is 14.4 Å². The molecular weight excluding hydrogens is 624 g/mol. The van der Waals surface area contributed by atoms with Crippen LogP contribution in [-0.2, 0) is 28.6 Å². The summed E-state index contributed by atoms with van der Waals surface area (Å²) in [6, 6.07) is 0. The number of methoxy groups -OCH3 is 2. The van der Waals surface area contributed by atoms with Crippen LogP contribution in [0.5, 0.6) is 0 Å². The van der Waals surface area contributed by atoms with Crippen LogP contribution >= 0.6 is 0 Å². The number of nitrogens with one attached hydrogen (secondary N) is 1. The third-order valence-corrected chi connectivity index (χ3v) is 10.0. The average molecular weight is 665 g/mol. The van der Waals surface area contributed by atoms with Crippen molar-refractivity contribution in [1.29, 1.82) is 0 Å². The van der Waals surface area contributed by atoms with Crippen molar-refractivity contribution in [3.8, 4) is 0 Å². The van der Waals surface area contributed by atoms with Crippen molar-refractivity contribution in [2.24, 2.45) is 32.7 Å². The van der Waals surface area contributed by atoms with Gasteiger partial charge in [0.15, 0.2) is 0 Å². The van der Waals surface area contributed by atoms with Crippen LogP contribution in [0.4, 0.5) is 0 Å². The van der Waals surface area contributed by atoms with Crippen LogP contribution in [0.3, 0.4) is 0 Å². The van der Waals surface area contributed by atoms with Crippen molar-refractivity contribution in [3.05, 3.63) is 104 Å². The minimum Gasteiger partial charge on any atom is -0.510 e. The Kier molecular flexibility index (Phi) is 8.87. The Bertz CT molecular complexity index is 1970. The fraction of sp³-hybridized carbons (Fsp3) is 0.368. The van der Waals surface area contributed by atoms with Gasteiger partial charge in [0, 0.05) is 58.9 Å². The summed E-state index contributed by atoms with van der Waals surface area (Å²) in [5.74, 6) is -3.00. The molecule has 6 aliphatic rings. The van der Waals surface area contributed by atoms with Crippen LogP contribution in [0.25, 0.3) is 0 Å². The van der Waals surface area contributed by atoms with E-state index in [-0.39, 0.29) is 36.6 Å². The fourth-order valence-electron chi connectivity index (χ4n) is 7.36. The number of aliphatic hydroxyl groups excluding tert-OH is 1. The molecule has 49 heavy (non-hydrogen) atoms. The quantitative estimate of drug-likeness (QED) is 0.247. The van der Waals surface area contributed by atoms with Crippen molar-refractivity contribution in [2.45, 2.75) is 53.9 Å². The maximum absolute atomic E-state index is 13.4. The number of aliphatic imine (C=N–C) groups is 3. The lowest BCUT2D eigenvalue weighted by Crippen LogP contribution is -2.25. The van der Waals surface area contributed by atoms with Crippen LogP contribution in [0.1, 0.15) is 53.9 Å². The van der Waals surface area contributed by atoms with Gasteiger partial charge < -0.3 is 24.6 Å². The van der Waals surface area contributed by atoms with Gasteiger partial charge in [-0.1, -0.05) is 26.5 Å². The molecule has 0 amide bonds. The number of ether oxygens (including phenoxy) is 3. The number of aliphatic hydroxyl groups is 1. The first-order valence-electron chi connectivity index (χ1n) is 16.4. The molecule has 5 aliphatic heterocycles. The molecule has 3 atom stereocenters. The van der Waals surface area contributed by atoms with Gasteiger partial charge in [0.05, 0.1) is 48.4 Å². The van der Waals surface area contributed by atoms with E-state index < -0.39 is 17.9 Å². The topological polar surface area (TPSA) is 148 Å². The Morgan fingerprint density at radius 1 is 1.00 bits per heavy atom. The molecule has 1 saturated heterocycles. The summed E-state index contributed by atoms with van der Waals surface area (Å²) in [5.41, 5.74) is 10.3. The lowest BCUT2D eigenvalue weighted by molar-refractivity contribution is -0.143. The molecule has 6 rings (SSSR count). The van der Waals surface area contributed by atoms with Gasteiger partial charge in [0.1, 0.15) is 18.3 Å². The zero-order chi connectivity index (χ0) is 35.3. The number of esters is 3. The number of carbonyl (C=O) groups excluding carboxylic acids is 3. The predicted molar refractivity (Wildman–Crippen MR) is 185 cm³/mol. The van der Waals surface area contributed by atoms with Crippen molar-refractivity contribution < 1.29 is 33.7 Å². The molecule has 2 N–H and O–H groups in total. The Morgan fingerprint density at radius 2 is 1.73 bits per heavy atom. The van der Waals surface area contributed by atoms with Gasteiger partial charge in [-0.05, 0) is 61.6 Å². The maximum atomic E-state index is 13.4. The van der Waals surface area contributed by atoms with Crippen LogP contribution in [0.2, 0.25) is 0 Å². The van der Waals surface area contributed by atoms with Crippen molar-refractivity contribution in [1.82, 2.24) is 5.32 Å². The number of hydrogen-bond donors (Lipinski definition) is 2. The highest BCUT2D eigenvalue weighted by Crippen LogP contribution is 2.49. The maximum Gasteiger partial charge on any atom is 0.321 e. The summed E-state index contributed by atoms with van der Waals surface area (Å²) >= 11 is 0. The molecule has 0 unspecified atom stereocenters. The smallest absolute Gasteiger partial charge is 0.321 e. The van der Waals surface area contributed by atoms with E-state index in [1.54, 1.807) is 6.08 Å². The average Bonchev–Trinajstić information content (AvgIpc) is 3.82. The lowest BCUT2D eigenvalue weighted by Gasteiger charge is -2.20. The zero-order valence-corrected chi connectivity index (χ0v) is 28.8. The monoisotopic (exact) mass is 664 g/mol. The first-order valence-corrected chi connectivity index (χ1v) is 16.4. The lowest BCUT2D eigenvalue weighted by atomic mass is 9.84. The highest BCUT2D eigenvalue weighted by Gasteiger charge is 2.49. The zero-order valence-electron chi connectivity index (χ0n) is 28.8. The van der Waals surface area contributed by atoms with E-state index in [0.717, 1.165) is 28.0 Å². The largest absolute Gasteiger partial charge is 0.510 e. The molecule has 0 saturated carbocycles. The molecule has 0 aromatic heterocycles. The molecule has 0 aromatic rings. The SMILES string of the molecule is C=CC1=C(C)C2=NC1=CC1=NC(=CC3=C(C)C4=C(O)[C@H](C(=O)OC)C(=C5NC(=C2)[C@@H](C)[C@@H]5CCC(=O)OC)C4=N3)C(CC)=C1COC(C)=O. The molecule has 0 aromatic carbocycles. The third-order valence-electron chi connectivity index (χ3n) is 10.0. The summed E-state index contributed by atoms with van der Waals surface area (Å²) < 4.78 is 15.7. The molecule has 8 bridgehead atoms. The molecular formula is C38H40N4O7. The minimum absolute atomic E-state index is 0.0368. The summed E-state index contributed by atoms with van der Waals surface area (Å²) in [6.07, 6.45) is 8.69. The molecule has 0 radical (unpaired) electrons. The standard InChI is InChI=1S/C38H40N4O7/c1-9-21-17(3)25-13-26-18(4)23(11-12-31(44)47-7)35(41-26)33-34(38(46)48-8)37(45)32-19(5)27(42-36(32)33)14-29-22(10-2)24(16-49-20(6)43)30(40-29)15-28(21)39-25/h9,13-15,18,23,34,41,45H,1,10-12,16H2,2-8H3/t18-,23-,34+/m0/s1. The number of allylic oxidation sites excluding steroid dienone is 10. The number of nitrogens with zero attached hydrogens (tertiary/aromatic N) is 3. The van der Waals surface area contributed by atoms with Crippen LogP contribution in [-0.4, -0.2) is 61.0 Å². The second-order valence-electron chi connectivity index (χ2n) is 12.6. The van der Waals surface area contributed by atoms with Crippen molar-refractivity contribution in [3.63, 3.8) is 0 Å². The van der Waals surface area contributed by atoms with E-state index in [9.17, 15) is 19.5 Å². The Hall–Kier alpha value is -5.32. The first kappa shape index (κ1) is 33.6. The van der Waals surface area contributed by atoms with E-state index in [2.05, 4.69) is 18.8 Å². The summed E-state index contributed by atoms with van der Waals surface area (Å²) in [5, 5.41) is 15.3. The van der Waals surface area contributed by atoms with Gasteiger partial charge >= 0.3 is 17.9 Å². The fourth-order valence-corrected chi connectivity index (χ4v) is 7.36. The minimum atomic E-state index is -1.11. The number of hydrogen-bond acceptors (Lipinski definition) is 11. The van der Waals surface area contributed by atoms with Gasteiger partial charge in [0.25, 0.3) is 0 Å². The molecule has 1 aliphatic carbocycles. The highest BCUT2D eigenvalue weighted by molar-refractivity contribution is 6.24. The molecule has 1 fully saturated rings. The Labute approximate surface area is 285 Å².